The number of nitrogens with two attached hydrogens (primary N) is 1. The van der Waals surface area contributed by atoms with Crippen molar-refractivity contribution in [2.24, 2.45) is 5.92 Å². The van der Waals surface area contributed by atoms with Crippen molar-refractivity contribution >= 4 is 22.5 Å². The Morgan fingerprint density at radius 1 is 1.33 bits per heavy atom. The van der Waals surface area contributed by atoms with Gasteiger partial charge in [0, 0.05) is 11.1 Å². The second-order valence-corrected chi connectivity index (χ2v) is 6.15. The zero-order valence-electron chi connectivity index (χ0n) is 11.6. The molecule has 4 rings (SSSR count). The number of carbonyl (C=O) groups excluding carboxylic acids is 1. The Bertz CT molecular complexity index is 733. The van der Waals surface area contributed by atoms with Gasteiger partial charge in [0.15, 0.2) is 0 Å². The smallest absolute Gasteiger partial charge is 0.272 e. The Morgan fingerprint density at radius 3 is 2.76 bits per heavy atom. The zero-order valence-corrected chi connectivity index (χ0v) is 11.6. The summed E-state index contributed by atoms with van der Waals surface area (Å²) in [5.74, 6) is 0.217. The summed E-state index contributed by atoms with van der Waals surface area (Å²) in [6, 6.07) is 9.13. The number of aromatic nitrogens is 1. The Labute approximate surface area is 122 Å². The van der Waals surface area contributed by atoms with E-state index in [1.807, 2.05) is 24.3 Å². The summed E-state index contributed by atoms with van der Waals surface area (Å²) in [7, 11) is 0. The van der Waals surface area contributed by atoms with Crippen LogP contribution in [-0.4, -0.2) is 39.6 Å². The largest absolute Gasteiger partial charge is 0.398 e. The third-order valence-corrected chi connectivity index (χ3v) is 4.52. The monoisotopic (exact) mass is 283 g/mol. The summed E-state index contributed by atoms with van der Waals surface area (Å²) < 4.78 is 0. The molecule has 0 radical (unpaired) electrons. The second kappa shape index (κ2) is 4.18. The number of benzene rings is 1. The molecule has 1 aromatic heterocycles. The molecular formula is C16H17N3O2. The highest BCUT2D eigenvalue weighted by molar-refractivity contribution is 5.99. The molecule has 3 N–H and O–H groups in total. The van der Waals surface area contributed by atoms with Gasteiger partial charge in [0.2, 0.25) is 0 Å². The molecule has 1 aliphatic heterocycles. The molecule has 2 aromatic rings. The first-order chi connectivity index (χ1) is 10.1. The standard InChI is InChI=1S/C16H17N3O2/c17-12-7-14(18-13-4-2-1-3-11(12)13)15(20)19-8-16(21,9-19)10-5-6-10/h1-4,7,10,21H,5-6,8-9H2,(H2,17,18). The number of anilines is 1. The number of nitrogens with zero attached hydrogens (tertiary/aromatic N) is 2. The summed E-state index contributed by atoms with van der Waals surface area (Å²) in [6.45, 7) is 0.815. The molecule has 5 nitrogen and oxygen atoms in total. The van der Waals surface area contributed by atoms with Crippen LogP contribution in [0.3, 0.4) is 0 Å². The molecule has 0 atom stereocenters. The summed E-state index contributed by atoms with van der Waals surface area (Å²) in [5.41, 5.74) is 6.97. The van der Waals surface area contributed by atoms with Gasteiger partial charge in [-0.3, -0.25) is 4.79 Å². The van der Waals surface area contributed by atoms with Crippen LogP contribution in [0.2, 0.25) is 0 Å². The third-order valence-electron chi connectivity index (χ3n) is 4.52. The number of pyridine rings is 1. The number of β-amino-alcohol motifs (C(OH)–C–C–N with tert-alkyl or cyclic N) is 1. The maximum atomic E-state index is 12.5. The lowest BCUT2D eigenvalue weighted by atomic mass is 9.88. The number of rotatable bonds is 2. The van der Waals surface area contributed by atoms with E-state index in [1.54, 1.807) is 11.0 Å². The van der Waals surface area contributed by atoms with Gasteiger partial charge >= 0.3 is 0 Å². The third kappa shape index (κ3) is 1.96. The number of nitrogen functional groups attached to an aromatic ring is 1. The fraction of sp³-hybridized carbons (Fsp3) is 0.375. The minimum Gasteiger partial charge on any atom is -0.398 e. The maximum Gasteiger partial charge on any atom is 0.272 e. The lowest BCUT2D eigenvalue weighted by Gasteiger charge is -2.46. The van der Waals surface area contributed by atoms with E-state index in [-0.39, 0.29) is 5.91 Å². The van der Waals surface area contributed by atoms with Gasteiger partial charge in [0.25, 0.3) is 5.91 Å². The highest BCUT2D eigenvalue weighted by Gasteiger charge is 2.53. The van der Waals surface area contributed by atoms with Crippen LogP contribution in [0.4, 0.5) is 5.69 Å². The van der Waals surface area contributed by atoms with Crippen molar-refractivity contribution in [2.45, 2.75) is 18.4 Å². The fourth-order valence-electron chi connectivity index (χ4n) is 3.11. The van der Waals surface area contributed by atoms with Gasteiger partial charge in [0.05, 0.1) is 18.6 Å². The number of hydrogen-bond donors (Lipinski definition) is 2. The van der Waals surface area contributed by atoms with Crippen LogP contribution in [0.15, 0.2) is 30.3 Å². The number of carbonyl (C=O) groups is 1. The van der Waals surface area contributed by atoms with Gasteiger partial charge in [-0.1, -0.05) is 18.2 Å². The van der Waals surface area contributed by atoms with Crippen molar-refractivity contribution in [1.29, 1.82) is 0 Å². The normalized spacial score (nSPS) is 20.3. The summed E-state index contributed by atoms with van der Waals surface area (Å²) in [5, 5.41) is 11.2. The van der Waals surface area contributed by atoms with E-state index in [2.05, 4.69) is 4.98 Å². The van der Waals surface area contributed by atoms with E-state index in [0.29, 0.717) is 30.4 Å². The maximum absolute atomic E-state index is 12.5. The van der Waals surface area contributed by atoms with Gasteiger partial charge in [-0.25, -0.2) is 4.98 Å². The van der Waals surface area contributed by atoms with Crippen LogP contribution in [0.25, 0.3) is 10.9 Å². The van der Waals surface area contributed by atoms with E-state index in [9.17, 15) is 9.90 Å². The molecule has 0 unspecified atom stereocenters. The molecular weight excluding hydrogens is 266 g/mol. The predicted octanol–water partition coefficient (Wildman–Crippen LogP) is 1.41. The van der Waals surface area contributed by atoms with E-state index >= 15 is 0 Å². The van der Waals surface area contributed by atoms with Gasteiger partial charge in [-0.2, -0.15) is 0 Å². The molecule has 1 amide bonds. The van der Waals surface area contributed by atoms with E-state index < -0.39 is 5.60 Å². The van der Waals surface area contributed by atoms with Crippen LogP contribution in [0, 0.1) is 5.92 Å². The summed E-state index contributed by atoms with van der Waals surface area (Å²) in [6.07, 6.45) is 2.14. The molecule has 5 heteroatoms. The van der Waals surface area contributed by atoms with Crippen molar-refractivity contribution in [3.8, 4) is 0 Å². The van der Waals surface area contributed by atoms with E-state index in [1.165, 1.54) is 0 Å². The lowest BCUT2D eigenvalue weighted by Crippen LogP contribution is -2.64. The van der Waals surface area contributed by atoms with Gasteiger partial charge < -0.3 is 15.7 Å². The van der Waals surface area contributed by atoms with Crippen LogP contribution in [-0.2, 0) is 0 Å². The minimum atomic E-state index is -0.669. The van der Waals surface area contributed by atoms with Gasteiger partial charge in [-0.15, -0.1) is 0 Å². The first-order valence-electron chi connectivity index (χ1n) is 7.24. The van der Waals surface area contributed by atoms with Crippen LogP contribution in [0.5, 0.6) is 0 Å². The van der Waals surface area contributed by atoms with Crippen molar-refractivity contribution < 1.29 is 9.90 Å². The number of likely N-dealkylation sites (tertiary alicyclic amines) is 1. The van der Waals surface area contributed by atoms with Crippen molar-refractivity contribution in [3.05, 3.63) is 36.0 Å². The van der Waals surface area contributed by atoms with Crippen LogP contribution < -0.4 is 5.73 Å². The van der Waals surface area contributed by atoms with E-state index in [4.69, 9.17) is 5.73 Å². The summed E-state index contributed by atoms with van der Waals surface area (Å²) in [4.78, 5) is 18.5. The second-order valence-electron chi connectivity index (χ2n) is 6.15. The SMILES string of the molecule is Nc1cc(C(=O)N2CC(O)(C3CC3)C2)nc2ccccc12. The number of para-hydroxylation sites is 1. The molecule has 108 valence electrons. The van der Waals surface area contributed by atoms with Gasteiger partial charge in [-0.05, 0) is 30.9 Å². The first kappa shape index (κ1) is 12.6. The van der Waals surface area contributed by atoms with E-state index in [0.717, 1.165) is 23.7 Å². The molecule has 1 aromatic carbocycles. The Hall–Kier alpha value is -2.14. The predicted molar refractivity (Wildman–Crippen MR) is 79.7 cm³/mol. The molecule has 2 heterocycles. The molecule has 21 heavy (non-hydrogen) atoms. The molecule has 2 aliphatic rings. The average Bonchev–Trinajstić information content (AvgIpc) is 3.28. The summed E-state index contributed by atoms with van der Waals surface area (Å²) >= 11 is 0. The van der Waals surface area contributed by atoms with Gasteiger partial charge in [0.1, 0.15) is 11.3 Å². The molecule has 0 bridgehead atoms. The Kier molecular flexibility index (Phi) is 2.50. The minimum absolute atomic E-state index is 0.155. The topological polar surface area (TPSA) is 79.5 Å². The zero-order chi connectivity index (χ0) is 14.6. The van der Waals surface area contributed by atoms with Crippen molar-refractivity contribution in [1.82, 2.24) is 9.88 Å². The molecule has 0 spiro atoms. The quantitative estimate of drug-likeness (QED) is 0.873. The fourth-order valence-corrected chi connectivity index (χ4v) is 3.11. The Balaban J connectivity index is 1.60. The number of aliphatic hydroxyl groups is 1. The Morgan fingerprint density at radius 2 is 2.05 bits per heavy atom. The number of hydrogen-bond acceptors (Lipinski definition) is 4. The van der Waals surface area contributed by atoms with Crippen LogP contribution in [0.1, 0.15) is 23.3 Å². The number of fused-ring (bicyclic) bond motifs is 1. The molecule has 2 fully saturated rings. The van der Waals surface area contributed by atoms with Crippen molar-refractivity contribution in [2.75, 3.05) is 18.8 Å². The molecule has 1 saturated carbocycles. The molecule has 1 aliphatic carbocycles. The van der Waals surface area contributed by atoms with Crippen molar-refractivity contribution in [3.63, 3.8) is 0 Å². The lowest BCUT2D eigenvalue weighted by molar-refractivity contribution is -0.0959. The number of amides is 1. The highest BCUT2D eigenvalue weighted by Crippen LogP contribution is 2.44. The average molecular weight is 283 g/mol. The first-order valence-corrected chi connectivity index (χ1v) is 7.24. The molecule has 1 saturated heterocycles. The highest BCUT2D eigenvalue weighted by atomic mass is 16.3. The van der Waals surface area contributed by atoms with Crippen LogP contribution >= 0.6 is 0 Å².